The summed E-state index contributed by atoms with van der Waals surface area (Å²) in [6, 6.07) is 0. The predicted molar refractivity (Wildman–Crippen MR) is 83.7 cm³/mol. The molecule has 0 saturated heterocycles. The van der Waals surface area contributed by atoms with Crippen molar-refractivity contribution in [2.75, 3.05) is 6.54 Å². The van der Waals surface area contributed by atoms with Crippen LogP contribution in [0.25, 0.3) is 10.2 Å². The van der Waals surface area contributed by atoms with Crippen LogP contribution in [0.1, 0.15) is 23.3 Å². The Morgan fingerprint density at radius 2 is 2.29 bits per heavy atom. The van der Waals surface area contributed by atoms with Crippen molar-refractivity contribution >= 4 is 27.5 Å². The highest BCUT2D eigenvalue weighted by Crippen LogP contribution is 2.33. The average molecular weight is 303 g/mol. The zero-order chi connectivity index (χ0) is 14.8. The monoisotopic (exact) mass is 303 g/mol. The predicted octanol–water partition coefficient (Wildman–Crippen LogP) is 1.64. The molecule has 2 heterocycles. The fourth-order valence-electron chi connectivity index (χ4n) is 2.69. The van der Waals surface area contributed by atoms with Gasteiger partial charge in [0, 0.05) is 11.4 Å². The van der Waals surface area contributed by atoms with Crippen LogP contribution in [0.2, 0.25) is 0 Å². The number of nitrogens with zero attached hydrogens (tertiary/aromatic N) is 2. The van der Waals surface area contributed by atoms with Crippen LogP contribution in [0.3, 0.4) is 0 Å². The van der Waals surface area contributed by atoms with Crippen molar-refractivity contribution < 1.29 is 4.79 Å². The van der Waals surface area contributed by atoms with Gasteiger partial charge in [0.15, 0.2) is 0 Å². The molecule has 2 aromatic heterocycles. The van der Waals surface area contributed by atoms with Crippen LogP contribution in [0.15, 0.2) is 23.8 Å². The molecule has 6 heteroatoms. The first-order valence-electron chi connectivity index (χ1n) is 7.08. The smallest absolute Gasteiger partial charge is 0.262 e. The van der Waals surface area contributed by atoms with Crippen molar-refractivity contribution in [2.45, 2.75) is 32.2 Å². The summed E-state index contributed by atoms with van der Waals surface area (Å²) in [4.78, 5) is 30.8. The van der Waals surface area contributed by atoms with Crippen LogP contribution >= 0.6 is 11.3 Å². The molecule has 1 amide bonds. The Hall–Kier alpha value is -1.95. The SMILES string of the molecule is C=CCNC(=O)Cn1cnc2sc3c(c2c1=O)CCCC3. The van der Waals surface area contributed by atoms with Gasteiger partial charge in [0.25, 0.3) is 5.56 Å². The van der Waals surface area contributed by atoms with Gasteiger partial charge in [-0.15, -0.1) is 17.9 Å². The Balaban J connectivity index is 1.98. The largest absolute Gasteiger partial charge is 0.351 e. The molecule has 2 aromatic rings. The maximum absolute atomic E-state index is 12.6. The Morgan fingerprint density at radius 3 is 3.10 bits per heavy atom. The first kappa shape index (κ1) is 14.0. The van der Waals surface area contributed by atoms with Crippen LogP contribution in [0, 0.1) is 0 Å². The summed E-state index contributed by atoms with van der Waals surface area (Å²) < 4.78 is 1.39. The molecule has 1 N–H and O–H groups in total. The number of rotatable bonds is 4. The molecule has 0 atom stereocenters. The first-order chi connectivity index (χ1) is 10.2. The van der Waals surface area contributed by atoms with Crippen molar-refractivity contribution in [3.05, 3.63) is 39.8 Å². The summed E-state index contributed by atoms with van der Waals surface area (Å²) in [5, 5.41) is 3.39. The lowest BCUT2D eigenvalue weighted by molar-refractivity contribution is -0.121. The molecule has 21 heavy (non-hydrogen) atoms. The molecule has 0 unspecified atom stereocenters. The molecule has 0 aromatic carbocycles. The standard InChI is InChI=1S/C15H17N3O2S/c1-2-7-16-12(19)8-18-9-17-14-13(15(18)20)10-5-3-4-6-11(10)21-14/h2,9H,1,3-8H2,(H,16,19). The third-order valence-corrected chi connectivity index (χ3v) is 4.90. The van der Waals surface area contributed by atoms with Crippen molar-refractivity contribution in [1.82, 2.24) is 14.9 Å². The second-order valence-corrected chi connectivity index (χ2v) is 6.25. The van der Waals surface area contributed by atoms with E-state index in [1.807, 2.05) is 0 Å². The molecular weight excluding hydrogens is 286 g/mol. The summed E-state index contributed by atoms with van der Waals surface area (Å²) >= 11 is 1.62. The van der Waals surface area contributed by atoms with E-state index in [0.717, 1.165) is 29.7 Å². The number of nitrogens with one attached hydrogen (secondary N) is 1. The topological polar surface area (TPSA) is 64.0 Å². The van der Waals surface area contributed by atoms with Gasteiger partial charge < -0.3 is 5.32 Å². The Bertz CT molecular complexity index is 760. The quantitative estimate of drug-likeness (QED) is 0.873. The molecule has 0 spiro atoms. The molecule has 0 radical (unpaired) electrons. The number of carbonyl (C=O) groups excluding carboxylic acids is 1. The van der Waals surface area contributed by atoms with Crippen molar-refractivity contribution in [3.8, 4) is 0 Å². The highest BCUT2D eigenvalue weighted by Gasteiger charge is 2.20. The van der Waals surface area contributed by atoms with E-state index in [0.29, 0.717) is 11.9 Å². The van der Waals surface area contributed by atoms with Crippen LogP contribution in [-0.2, 0) is 24.2 Å². The van der Waals surface area contributed by atoms with E-state index in [2.05, 4.69) is 16.9 Å². The molecule has 3 rings (SSSR count). The molecule has 1 aliphatic carbocycles. The highest BCUT2D eigenvalue weighted by atomic mass is 32.1. The molecule has 1 aliphatic rings. The molecule has 0 saturated carbocycles. The number of hydrogen-bond acceptors (Lipinski definition) is 4. The number of carbonyl (C=O) groups is 1. The van der Waals surface area contributed by atoms with E-state index in [-0.39, 0.29) is 18.0 Å². The number of thiophene rings is 1. The van der Waals surface area contributed by atoms with Crippen LogP contribution in [-0.4, -0.2) is 22.0 Å². The Labute approximate surface area is 126 Å². The van der Waals surface area contributed by atoms with Gasteiger partial charge in [-0.25, -0.2) is 4.98 Å². The zero-order valence-electron chi connectivity index (χ0n) is 11.7. The van der Waals surface area contributed by atoms with E-state index in [1.54, 1.807) is 17.4 Å². The lowest BCUT2D eigenvalue weighted by Crippen LogP contribution is -2.32. The van der Waals surface area contributed by atoms with Gasteiger partial charge in [-0.1, -0.05) is 6.08 Å². The van der Waals surface area contributed by atoms with E-state index >= 15 is 0 Å². The van der Waals surface area contributed by atoms with E-state index in [4.69, 9.17) is 0 Å². The van der Waals surface area contributed by atoms with E-state index < -0.39 is 0 Å². The first-order valence-corrected chi connectivity index (χ1v) is 7.89. The van der Waals surface area contributed by atoms with Crippen LogP contribution in [0.4, 0.5) is 0 Å². The second-order valence-electron chi connectivity index (χ2n) is 5.16. The minimum absolute atomic E-state index is 0.000231. The maximum Gasteiger partial charge on any atom is 0.262 e. The fraction of sp³-hybridized carbons (Fsp3) is 0.400. The Kier molecular flexibility index (Phi) is 3.88. The number of aromatic nitrogens is 2. The molecule has 0 bridgehead atoms. The van der Waals surface area contributed by atoms with Crippen LogP contribution < -0.4 is 10.9 Å². The average Bonchev–Trinajstić information content (AvgIpc) is 2.87. The summed E-state index contributed by atoms with van der Waals surface area (Å²) in [7, 11) is 0. The molecule has 5 nitrogen and oxygen atoms in total. The van der Waals surface area contributed by atoms with Gasteiger partial charge in [0.2, 0.25) is 5.91 Å². The van der Waals surface area contributed by atoms with E-state index in [9.17, 15) is 9.59 Å². The maximum atomic E-state index is 12.6. The van der Waals surface area contributed by atoms with E-state index in [1.165, 1.54) is 22.2 Å². The molecular formula is C15H17N3O2S. The lowest BCUT2D eigenvalue weighted by Gasteiger charge is -2.10. The summed E-state index contributed by atoms with van der Waals surface area (Å²) in [6.07, 6.45) is 7.36. The van der Waals surface area contributed by atoms with Gasteiger partial charge in [-0.3, -0.25) is 14.2 Å². The molecule has 0 fully saturated rings. The second kappa shape index (κ2) is 5.81. The number of amides is 1. The summed E-state index contributed by atoms with van der Waals surface area (Å²) in [5.74, 6) is -0.206. The Morgan fingerprint density at radius 1 is 1.48 bits per heavy atom. The summed E-state index contributed by atoms with van der Waals surface area (Å²) in [6.45, 7) is 3.95. The number of hydrogen-bond donors (Lipinski definition) is 1. The lowest BCUT2D eigenvalue weighted by atomic mass is 9.97. The van der Waals surface area contributed by atoms with Crippen LogP contribution in [0.5, 0.6) is 0 Å². The van der Waals surface area contributed by atoms with Gasteiger partial charge in [0.05, 0.1) is 11.7 Å². The third kappa shape index (κ3) is 2.63. The minimum atomic E-state index is -0.206. The normalized spacial score (nSPS) is 13.9. The number of aryl methyl sites for hydroxylation is 2. The van der Waals surface area contributed by atoms with Crippen molar-refractivity contribution in [3.63, 3.8) is 0 Å². The zero-order valence-corrected chi connectivity index (χ0v) is 12.5. The minimum Gasteiger partial charge on any atom is -0.351 e. The van der Waals surface area contributed by atoms with Gasteiger partial charge in [-0.05, 0) is 31.2 Å². The molecule has 110 valence electrons. The number of fused-ring (bicyclic) bond motifs is 3. The highest BCUT2D eigenvalue weighted by molar-refractivity contribution is 7.18. The van der Waals surface area contributed by atoms with Crippen molar-refractivity contribution in [1.29, 1.82) is 0 Å². The van der Waals surface area contributed by atoms with Gasteiger partial charge >= 0.3 is 0 Å². The molecule has 0 aliphatic heterocycles. The summed E-state index contributed by atoms with van der Waals surface area (Å²) in [5.41, 5.74) is 1.05. The third-order valence-electron chi connectivity index (χ3n) is 3.70. The van der Waals surface area contributed by atoms with Gasteiger partial charge in [0.1, 0.15) is 11.4 Å². The fourth-order valence-corrected chi connectivity index (χ4v) is 3.91. The van der Waals surface area contributed by atoms with Crippen molar-refractivity contribution in [2.24, 2.45) is 0 Å². The van der Waals surface area contributed by atoms with Gasteiger partial charge in [-0.2, -0.15) is 0 Å².